The number of ether oxygens (including phenoxy) is 1. The van der Waals surface area contributed by atoms with Gasteiger partial charge in [-0.3, -0.25) is 4.79 Å². The van der Waals surface area contributed by atoms with Gasteiger partial charge in [0.15, 0.2) is 5.16 Å². The number of nitrogens with two attached hydrogens (primary N) is 1. The molecular weight excluding hydrogens is 286 g/mol. The zero-order valence-electron chi connectivity index (χ0n) is 11.8. The monoisotopic (exact) mass is 303 g/mol. The van der Waals surface area contributed by atoms with Gasteiger partial charge in [0.1, 0.15) is 5.82 Å². The van der Waals surface area contributed by atoms with Crippen molar-refractivity contribution in [1.29, 1.82) is 0 Å². The van der Waals surface area contributed by atoms with E-state index in [9.17, 15) is 4.79 Å². The summed E-state index contributed by atoms with van der Waals surface area (Å²) in [6.07, 6.45) is 2.40. The number of anilines is 1. The summed E-state index contributed by atoms with van der Waals surface area (Å²) in [6, 6.07) is 10.00. The highest BCUT2D eigenvalue weighted by molar-refractivity contribution is 7.99. The number of thioether (sulfide) groups is 1. The van der Waals surface area contributed by atoms with Crippen LogP contribution in [0.5, 0.6) is 0 Å². The highest BCUT2D eigenvalue weighted by atomic mass is 32.2. The number of benzene rings is 1. The molecule has 5 nitrogen and oxygen atoms in total. The minimum Gasteiger partial charge on any atom is -0.465 e. The molecule has 110 valence electrons. The van der Waals surface area contributed by atoms with Crippen LogP contribution >= 0.6 is 11.8 Å². The largest absolute Gasteiger partial charge is 0.465 e. The van der Waals surface area contributed by atoms with E-state index in [0.29, 0.717) is 24.0 Å². The Morgan fingerprint density at radius 2 is 2.10 bits per heavy atom. The van der Waals surface area contributed by atoms with Gasteiger partial charge in [-0.2, -0.15) is 0 Å². The van der Waals surface area contributed by atoms with Gasteiger partial charge in [-0.05, 0) is 12.5 Å². The summed E-state index contributed by atoms with van der Waals surface area (Å²) < 4.78 is 4.85. The smallest absolute Gasteiger partial charge is 0.316 e. The molecule has 0 spiro atoms. The van der Waals surface area contributed by atoms with E-state index in [1.165, 1.54) is 11.8 Å². The number of carbonyl (C=O) groups is 1. The topological polar surface area (TPSA) is 78.1 Å². The Labute approximate surface area is 127 Å². The predicted octanol–water partition coefficient (Wildman–Crippen LogP) is 2.30. The van der Waals surface area contributed by atoms with Crippen LogP contribution < -0.4 is 5.73 Å². The van der Waals surface area contributed by atoms with Gasteiger partial charge in [-0.25, -0.2) is 9.97 Å². The summed E-state index contributed by atoms with van der Waals surface area (Å²) in [7, 11) is 0. The molecule has 0 aliphatic heterocycles. The first-order valence-corrected chi connectivity index (χ1v) is 7.61. The Morgan fingerprint density at radius 1 is 1.33 bits per heavy atom. The standard InChI is InChI=1S/C15H17N3O2S/c1-2-20-13(19)10-21-15-17-9-12(14(16)18-15)8-11-6-4-3-5-7-11/h3-7,9H,2,8,10H2,1H3,(H2,16,17,18). The SMILES string of the molecule is CCOC(=O)CSc1ncc(Cc2ccccc2)c(N)n1. The number of hydrogen-bond acceptors (Lipinski definition) is 6. The van der Waals surface area contributed by atoms with E-state index >= 15 is 0 Å². The Balaban J connectivity index is 1.99. The fourth-order valence-corrected chi connectivity index (χ4v) is 2.37. The number of nitrogen functional groups attached to an aromatic ring is 1. The Morgan fingerprint density at radius 3 is 2.76 bits per heavy atom. The summed E-state index contributed by atoms with van der Waals surface area (Å²) in [5, 5.41) is 0.484. The number of carbonyl (C=O) groups excluding carboxylic acids is 1. The molecule has 0 amide bonds. The maximum atomic E-state index is 11.3. The molecule has 0 fully saturated rings. The zero-order chi connectivity index (χ0) is 15.1. The molecule has 0 aliphatic carbocycles. The lowest BCUT2D eigenvalue weighted by Crippen LogP contribution is -2.08. The minimum atomic E-state index is -0.280. The van der Waals surface area contributed by atoms with Crippen molar-refractivity contribution in [3.8, 4) is 0 Å². The molecule has 0 aliphatic rings. The lowest BCUT2D eigenvalue weighted by molar-refractivity contribution is -0.139. The molecule has 0 atom stereocenters. The van der Waals surface area contributed by atoms with Gasteiger partial charge >= 0.3 is 5.97 Å². The van der Waals surface area contributed by atoms with Crippen LogP contribution in [0.4, 0.5) is 5.82 Å². The van der Waals surface area contributed by atoms with Gasteiger partial charge in [0.25, 0.3) is 0 Å². The number of nitrogens with zero attached hydrogens (tertiary/aromatic N) is 2. The molecule has 0 saturated heterocycles. The molecule has 1 aromatic carbocycles. The first kappa shape index (κ1) is 15.3. The molecular formula is C15H17N3O2S. The zero-order valence-corrected chi connectivity index (χ0v) is 12.6. The molecule has 1 heterocycles. The van der Waals surface area contributed by atoms with Crippen molar-refractivity contribution < 1.29 is 9.53 Å². The van der Waals surface area contributed by atoms with Gasteiger partial charge in [0.05, 0.1) is 12.4 Å². The first-order valence-electron chi connectivity index (χ1n) is 6.62. The van der Waals surface area contributed by atoms with Crippen LogP contribution in [0.25, 0.3) is 0 Å². The minimum absolute atomic E-state index is 0.186. The molecule has 0 bridgehead atoms. The van der Waals surface area contributed by atoms with Gasteiger partial charge in [0.2, 0.25) is 0 Å². The normalized spacial score (nSPS) is 10.3. The second kappa shape index (κ2) is 7.64. The average molecular weight is 303 g/mol. The summed E-state index contributed by atoms with van der Waals surface area (Å²) in [6.45, 7) is 2.15. The van der Waals surface area contributed by atoms with Crippen molar-refractivity contribution >= 4 is 23.5 Å². The van der Waals surface area contributed by atoms with Gasteiger partial charge in [0, 0.05) is 18.2 Å². The van der Waals surface area contributed by atoms with E-state index < -0.39 is 0 Å². The quantitative estimate of drug-likeness (QED) is 0.501. The molecule has 2 N–H and O–H groups in total. The van der Waals surface area contributed by atoms with E-state index in [1.807, 2.05) is 30.3 Å². The number of rotatable bonds is 6. The third-order valence-corrected chi connectivity index (χ3v) is 3.57. The van der Waals surface area contributed by atoms with Crippen LogP contribution in [0.1, 0.15) is 18.1 Å². The van der Waals surface area contributed by atoms with Gasteiger partial charge in [-0.15, -0.1) is 0 Å². The Kier molecular flexibility index (Phi) is 5.57. The number of hydrogen-bond donors (Lipinski definition) is 1. The summed E-state index contributed by atoms with van der Waals surface area (Å²) in [5.41, 5.74) is 7.98. The predicted molar refractivity (Wildman–Crippen MR) is 83.0 cm³/mol. The number of esters is 1. The van der Waals surface area contributed by atoms with E-state index in [0.717, 1.165) is 11.1 Å². The molecule has 6 heteroatoms. The van der Waals surface area contributed by atoms with Crippen LogP contribution in [0.15, 0.2) is 41.7 Å². The first-order chi connectivity index (χ1) is 10.2. The van der Waals surface area contributed by atoms with Crippen molar-refractivity contribution in [1.82, 2.24) is 9.97 Å². The van der Waals surface area contributed by atoms with Crippen LogP contribution in [0.2, 0.25) is 0 Å². The summed E-state index contributed by atoms with van der Waals surface area (Å²) in [5.74, 6) is 0.351. The lowest BCUT2D eigenvalue weighted by atomic mass is 10.1. The van der Waals surface area contributed by atoms with Gasteiger partial charge in [-0.1, -0.05) is 42.1 Å². The third-order valence-electron chi connectivity index (χ3n) is 2.74. The van der Waals surface area contributed by atoms with Crippen LogP contribution in [-0.2, 0) is 16.0 Å². The average Bonchev–Trinajstić information content (AvgIpc) is 2.49. The lowest BCUT2D eigenvalue weighted by Gasteiger charge is -2.06. The molecule has 21 heavy (non-hydrogen) atoms. The fourth-order valence-electron chi connectivity index (χ4n) is 1.75. The summed E-state index contributed by atoms with van der Waals surface area (Å²) >= 11 is 1.22. The summed E-state index contributed by atoms with van der Waals surface area (Å²) in [4.78, 5) is 19.7. The fraction of sp³-hybridized carbons (Fsp3) is 0.267. The molecule has 0 radical (unpaired) electrons. The van der Waals surface area contributed by atoms with Crippen molar-refractivity contribution in [3.63, 3.8) is 0 Å². The molecule has 1 aromatic heterocycles. The highest BCUT2D eigenvalue weighted by Gasteiger charge is 2.08. The van der Waals surface area contributed by atoms with Gasteiger partial charge < -0.3 is 10.5 Å². The third kappa shape index (κ3) is 4.75. The molecule has 0 saturated carbocycles. The maximum Gasteiger partial charge on any atom is 0.316 e. The van der Waals surface area contributed by atoms with E-state index in [-0.39, 0.29) is 11.7 Å². The van der Waals surface area contributed by atoms with E-state index in [4.69, 9.17) is 10.5 Å². The maximum absolute atomic E-state index is 11.3. The van der Waals surface area contributed by atoms with E-state index in [1.54, 1.807) is 13.1 Å². The van der Waals surface area contributed by atoms with Crippen molar-refractivity contribution in [3.05, 3.63) is 47.7 Å². The van der Waals surface area contributed by atoms with Crippen LogP contribution in [-0.4, -0.2) is 28.3 Å². The Hall–Kier alpha value is -2.08. The Bertz CT molecular complexity index is 605. The van der Waals surface area contributed by atoms with Crippen molar-refractivity contribution in [2.75, 3.05) is 18.1 Å². The van der Waals surface area contributed by atoms with Crippen LogP contribution in [0.3, 0.4) is 0 Å². The number of aromatic nitrogens is 2. The van der Waals surface area contributed by atoms with Crippen molar-refractivity contribution in [2.45, 2.75) is 18.5 Å². The molecule has 2 aromatic rings. The second-order valence-electron chi connectivity index (χ2n) is 4.32. The molecule has 2 rings (SSSR count). The van der Waals surface area contributed by atoms with Crippen LogP contribution in [0, 0.1) is 0 Å². The molecule has 0 unspecified atom stereocenters. The second-order valence-corrected chi connectivity index (χ2v) is 5.26. The highest BCUT2D eigenvalue weighted by Crippen LogP contribution is 2.18. The van der Waals surface area contributed by atoms with Crippen molar-refractivity contribution in [2.24, 2.45) is 0 Å². The van der Waals surface area contributed by atoms with E-state index in [2.05, 4.69) is 9.97 Å².